The molecule has 0 bridgehead atoms. The van der Waals surface area contributed by atoms with Gasteiger partial charge in [0.1, 0.15) is 11.5 Å². The Morgan fingerprint density at radius 1 is 1.09 bits per heavy atom. The van der Waals surface area contributed by atoms with Crippen molar-refractivity contribution >= 4 is 11.6 Å². The SMILES string of the molecule is Cc1oc(C)c(C(=O)NCCCc2ccc(N(C)C)cc2)c1C. The molecule has 23 heavy (non-hydrogen) atoms. The van der Waals surface area contributed by atoms with Gasteiger partial charge >= 0.3 is 0 Å². The number of hydrogen-bond donors (Lipinski definition) is 1. The van der Waals surface area contributed by atoms with E-state index in [9.17, 15) is 4.79 Å². The van der Waals surface area contributed by atoms with Crippen molar-refractivity contribution in [2.45, 2.75) is 33.6 Å². The molecule has 0 saturated carbocycles. The molecule has 0 radical (unpaired) electrons. The van der Waals surface area contributed by atoms with Crippen molar-refractivity contribution in [3.63, 3.8) is 0 Å². The Bertz CT molecular complexity index is 669. The standard InChI is InChI=1S/C19H26N2O2/c1-13-14(2)23-15(3)18(13)19(22)20-12-6-7-16-8-10-17(11-9-16)21(4)5/h8-11H,6-7,12H2,1-5H3,(H,20,22). The Labute approximate surface area is 138 Å². The summed E-state index contributed by atoms with van der Waals surface area (Å²) in [6, 6.07) is 8.53. The van der Waals surface area contributed by atoms with Crippen LogP contribution in [0, 0.1) is 20.8 Å². The minimum absolute atomic E-state index is 0.0418. The number of carbonyl (C=O) groups excluding carboxylic acids is 1. The van der Waals surface area contributed by atoms with Gasteiger partial charge in [0.2, 0.25) is 0 Å². The molecular formula is C19H26N2O2. The molecule has 0 fully saturated rings. The summed E-state index contributed by atoms with van der Waals surface area (Å²) in [7, 11) is 4.07. The highest BCUT2D eigenvalue weighted by molar-refractivity contribution is 5.96. The molecule has 1 heterocycles. The predicted molar refractivity (Wildman–Crippen MR) is 94.3 cm³/mol. The Morgan fingerprint density at radius 2 is 1.74 bits per heavy atom. The fourth-order valence-electron chi connectivity index (χ4n) is 2.67. The van der Waals surface area contributed by atoms with Gasteiger partial charge in [-0.3, -0.25) is 4.79 Å². The van der Waals surface area contributed by atoms with Crippen LogP contribution in [0.1, 0.15) is 39.4 Å². The topological polar surface area (TPSA) is 45.5 Å². The van der Waals surface area contributed by atoms with Crippen LogP contribution in [-0.4, -0.2) is 26.5 Å². The zero-order valence-corrected chi connectivity index (χ0v) is 14.7. The second-order valence-corrected chi connectivity index (χ2v) is 6.13. The number of amides is 1. The molecule has 0 aliphatic heterocycles. The molecular weight excluding hydrogens is 288 g/mol. The third kappa shape index (κ3) is 4.15. The summed E-state index contributed by atoms with van der Waals surface area (Å²) in [5.74, 6) is 1.46. The van der Waals surface area contributed by atoms with Crippen LogP contribution in [0.25, 0.3) is 0 Å². The molecule has 0 unspecified atom stereocenters. The van der Waals surface area contributed by atoms with Crippen molar-refractivity contribution < 1.29 is 9.21 Å². The fraction of sp³-hybridized carbons (Fsp3) is 0.421. The van der Waals surface area contributed by atoms with Crippen LogP contribution in [0.3, 0.4) is 0 Å². The van der Waals surface area contributed by atoms with Gasteiger partial charge in [0, 0.05) is 31.9 Å². The number of furan rings is 1. The summed E-state index contributed by atoms with van der Waals surface area (Å²) < 4.78 is 5.51. The fourth-order valence-corrected chi connectivity index (χ4v) is 2.67. The van der Waals surface area contributed by atoms with Crippen LogP contribution in [0.4, 0.5) is 5.69 Å². The van der Waals surface area contributed by atoms with Crippen LogP contribution in [0.5, 0.6) is 0 Å². The maximum Gasteiger partial charge on any atom is 0.255 e. The van der Waals surface area contributed by atoms with E-state index in [2.05, 4.69) is 34.5 Å². The summed E-state index contributed by atoms with van der Waals surface area (Å²) in [6.45, 7) is 6.31. The van der Waals surface area contributed by atoms with E-state index >= 15 is 0 Å². The van der Waals surface area contributed by atoms with Crippen LogP contribution in [-0.2, 0) is 6.42 Å². The lowest BCUT2D eigenvalue weighted by Gasteiger charge is -2.12. The van der Waals surface area contributed by atoms with Crippen molar-refractivity contribution in [2.75, 3.05) is 25.5 Å². The van der Waals surface area contributed by atoms with Gasteiger partial charge in [0.25, 0.3) is 5.91 Å². The largest absolute Gasteiger partial charge is 0.466 e. The molecule has 1 N–H and O–H groups in total. The molecule has 2 rings (SSSR count). The molecule has 1 aromatic carbocycles. The van der Waals surface area contributed by atoms with E-state index in [4.69, 9.17) is 4.42 Å². The molecule has 4 heteroatoms. The van der Waals surface area contributed by atoms with E-state index in [1.165, 1.54) is 11.3 Å². The average molecular weight is 314 g/mol. The maximum absolute atomic E-state index is 12.3. The van der Waals surface area contributed by atoms with Crippen LogP contribution in [0.2, 0.25) is 0 Å². The van der Waals surface area contributed by atoms with E-state index in [1.54, 1.807) is 0 Å². The number of rotatable bonds is 6. The predicted octanol–water partition coefficient (Wildman–Crippen LogP) is 3.63. The van der Waals surface area contributed by atoms with Crippen molar-refractivity contribution in [1.29, 1.82) is 0 Å². The number of carbonyl (C=O) groups is 1. The lowest BCUT2D eigenvalue weighted by atomic mass is 10.1. The van der Waals surface area contributed by atoms with Gasteiger partial charge in [0.05, 0.1) is 5.56 Å². The molecule has 0 aliphatic rings. The molecule has 1 aromatic heterocycles. The van der Waals surface area contributed by atoms with Crippen LogP contribution < -0.4 is 10.2 Å². The molecule has 0 atom stereocenters. The Morgan fingerprint density at radius 3 is 2.26 bits per heavy atom. The number of hydrogen-bond acceptors (Lipinski definition) is 3. The van der Waals surface area contributed by atoms with E-state index in [-0.39, 0.29) is 5.91 Å². The highest BCUT2D eigenvalue weighted by Gasteiger charge is 2.17. The van der Waals surface area contributed by atoms with E-state index < -0.39 is 0 Å². The van der Waals surface area contributed by atoms with Crippen molar-refractivity contribution in [3.8, 4) is 0 Å². The summed E-state index contributed by atoms with van der Waals surface area (Å²) in [5.41, 5.74) is 4.09. The second-order valence-electron chi connectivity index (χ2n) is 6.13. The lowest BCUT2D eigenvalue weighted by molar-refractivity contribution is 0.0951. The van der Waals surface area contributed by atoms with Crippen molar-refractivity contribution in [2.24, 2.45) is 0 Å². The van der Waals surface area contributed by atoms with Gasteiger partial charge in [-0.1, -0.05) is 12.1 Å². The number of nitrogens with zero attached hydrogens (tertiary/aromatic N) is 1. The molecule has 0 saturated heterocycles. The third-order valence-electron chi connectivity index (χ3n) is 4.17. The minimum Gasteiger partial charge on any atom is -0.466 e. The summed E-state index contributed by atoms with van der Waals surface area (Å²) >= 11 is 0. The van der Waals surface area contributed by atoms with Crippen molar-refractivity contribution in [1.82, 2.24) is 5.32 Å². The van der Waals surface area contributed by atoms with Crippen LogP contribution >= 0.6 is 0 Å². The number of benzene rings is 1. The van der Waals surface area contributed by atoms with Gasteiger partial charge < -0.3 is 14.6 Å². The zero-order valence-electron chi connectivity index (χ0n) is 14.7. The summed E-state index contributed by atoms with van der Waals surface area (Å²) in [4.78, 5) is 14.3. The molecule has 2 aromatic rings. The Kier molecular flexibility index (Phi) is 5.48. The summed E-state index contributed by atoms with van der Waals surface area (Å²) in [6.07, 6.45) is 1.87. The van der Waals surface area contributed by atoms with Gasteiger partial charge in [-0.15, -0.1) is 0 Å². The quantitative estimate of drug-likeness (QED) is 0.828. The smallest absolute Gasteiger partial charge is 0.255 e. The highest BCUT2D eigenvalue weighted by Crippen LogP contribution is 2.20. The van der Waals surface area contributed by atoms with Gasteiger partial charge in [0.15, 0.2) is 0 Å². The molecule has 4 nitrogen and oxygen atoms in total. The maximum atomic E-state index is 12.3. The third-order valence-corrected chi connectivity index (χ3v) is 4.17. The van der Waals surface area contributed by atoms with Gasteiger partial charge in [-0.2, -0.15) is 0 Å². The van der Waals surface area contributed by atoms with Crippen LogP contribution in [0.15, 0.2) is 28.7 Å². The normalized spacial score (nSPS) is 10.7. The zero-order chi connectivity index (χ0) is 17.0. The average Bonchev–Trinajstić information content (AvgIpc) is 2.77. The number of nitrogens with one attached hydrogen (secondary N) is 1. The first-order valence-electron chi connectivity index (χ1n) is 8.01. The first-order valence-corrected chi connectivity index (χ1v) is 8.01. The minimum atomic E-state index is -0.0418. The molecule has 1 amide bonds. The van der Waals surface area contributed by atoms with E-state index in [1.807, 2.05) is 34.9 Å². The van der Waals surface area contributed by atoms with E-state index in [0.29, 0.717) is 17.9 Å². The van der Waals surface area contributed by atoms with Gasteiger partial charge in [-0.05, 0) is 51.3 Å². The first kappa shape index (κ1) is 17.1. The number of anilines is 1. The van der Waals surface area contributed by atoms with Crippen molar-refractivity contribution in [3.05, 3.63) is 52.5 Å². The van der Waals surface area contributed by atoms with E-state index in [0.717, 1.165) is 24.2 Å². The Balaban J connectivity index is 1.82. The molecule has 124 valence electrons. The molecule has 0 aliphatic carbocycles. The monoisotopic (exact) mass is 314 g/mol. The Hall–Kier alpha value is -2.23. The highest BCUT2D eigenvalue weighted by atomic mass is 16.3. The second kappa shape index (κ2) is 7.36. The lowest BCUT2D eigenvalue weighted by Crippen LogP contribution is -2.25. The summed E-state index contributed by atoms with van der Waals surface area (Å²) in [5, 5.41) is 2.99. The first-order chi connectivity index (χ1) is 10.9. The van der Waals surface area contributed by atoms with Gasteiger partial charge in [-0.25, -0.2) is 0 Å². The molecule has 0 spiro atoms. The number of aryl methyl sites for hydroxylation is 3.